The van der Waals surface area contributed by atoms with Crippen LogP contribution >= 0.6 is 15.9 Å². The molecule has 1 N–H and O–H groups in total. The zero-order valence-electron chi connectivity index (χ0n) is 11.8. The van der Waals surface area contributed by atoms with Crippen LogP contribution in [0.1, 0.15) is 18.9 Å². The SMILES string of the molecule is CC1(C(=O)Oc2ccc(Br)c(C(F)(F)F)c2)CC(C(F)(F)F)=NN1. The summed E-state index contributed by atoms with van der Waals surface area (Å²) in [6.07, 6.45) is -10.2. The Labute approximate surface area is 140 Å². The largest absolute Gasteiger partial charge is 0.431 e. The van der Waals surface area contributed by atoms with E-state index in [0.29, 0.717) is 6.07 Å². The Morgan fingerprint density at radius 1 is 1.25 bits per heavy atom. The van der Waals surface area contributed by atoms with Crippen LogP contribution in [0.2, 0.25) is 0 Å². The average Bonchev–Trinajstić information content (AvgIpc) is 2.84. The molecule has 0 aromatic heterocycles. The third-order valence-electron chi connectivity index (χ3n) is 3.19. The zero-order valence-corrected chi connectivity index (χ0v) is 13.4. The van der Waals surface area contributed by atoms with Gasteiger partial charge in [-0.05, 0) is 25.1 Å². The van der Waals surface area contributed by atoms with Crippen molar-refractivity contribution in [1.82, 2.24) is 5.43 Å². The molecule has 1 aliphatic rings. The van der Waals surface area contributed by atoms with E-state index in [-0.39, 0.29) is 4.47 Å². The number of hydrogen-bond acceptors (Lipinski definition) is 4. The predicted octanol–water partition coefficient (Wildman–Crippen LogP) is 4.04. The molecule has 0 bridgehead atoms. The highest BCUT2D eigenvalue weighted by atomic mass is 79.9. The van der Waals surface area contributed by atoms with Gasteiger partial charge in [0.1, 0.15) is 11.5 Å². The van der Waals surface area contributed by atoms with Crippen molar-refractivity contribution in [3.05, 3.63) is 28.2 Å². The fourth-order valence-electron chi connectivity index (χ4n) is 1.89. The summed E-state index contributed by atoms with van der Waals surface area (Å²) in [5.41, 5.74) is -2.07. The topological polar surface area (TPSA) is 50.7 Å². The summed E-state index contributed by atoms with van der Waals surface area (Å²) < 4.78 is 80.6. The normalized spacial score (nSPS) is 21.2. The summed E-state index contributed by atoms with van der Waals surface area (Å²) in [4.78, 5) is 12.0. The smallest absolute Gasteiger partial charge is 0.425 e. The Bertz CT molecular complexity index is 701. The van der Waals surface area contributed by atoms with Gasteiger partial charge >= 0.3 is 18.3 Å². The van der Waals surface area contributed by atoms with Gasteiger partial charge in [0.15, 0.2) is 5.54 Å². The monoisotopic (exact) mass is 418 g/mol. The molecule has 1 aliphatic heterocycles. The molecule has 11 heteroatoms. The van der Waals surface area contributed by atoms with Gasteiger partial charge in [0.2, 0.25) is 0 Å². The summed E-state index contributed by atoms with van der Waals surface area (Å²) in [6.45, 7) is 1.11. The van der Waals surface area contributed by atoms with Gasteiger partial charge in [0.25, 0.3) is 0 Å². The van der Waals surface area contributed by atoms with Gasteiger partial charge in [0, 0.05) is 10.9 Å². The van der Waals surface area contributed by atoms with Gasteiger partial charge in [-0.1, -0.05) is 15.9 Å². The second-order valence-electron chi connectivity index (χ2n) is 5.21. The van der Waals surface area contributed by atoms with Crippen LogP contribution in [0.3, 0.4) is 0 Å². The summed E-state index contributed by atoms with van der Waals surface area (Å²) >= 11 is 2.72. The molecular weight excluding hydrogens is 410 g/mol. The average molecular weight is 419 g/mol. The number of hydrogen-bond donors (Lipinski definition) is 1. The minimum absolute atomic E-state index is 0.261. The van der Waals surface area contributed by atoms with Crippen molar-refractivity contribution in [3.63, 3.8) is 0 Å². The number of carbonyl (C=O) groups excluding carboxylic acids is 1. The molecular formula is C13H9BrF6N2O2. The van der Waals surface area contributed by atoms with Gasteiger partial charge in [-0.25, -0.2) is 4.79 Å². The van der Waals surface area contributed by atoms with E-state index in [2.05, 4.69) is 21.0 Å². The highest BCUT2D eigenvalue weighted by Gasteiger charge is 2.49. The molecule has 0 aliphatic carbocycles. The number of halogens is 7. The number of hydrazone groups is 1. The molecule has 0 radical (unpaired) electrons. The Morgan fingerprint density at radius 3 is 2.38 bits per heavy atom. The first kappa shape index (κ1) is 18.6. The Morgan fingerprint density at radius 2 is 1.88 bits per heavy atom. The molecule has 1 aromatic carbocycles. The number of esters is 1. The maximum absolute atomic E-state index is 12.8. The van der Waals surface area contributed by atoms with Gasteiger partial charge in [-0.2, -0.15) is 31.4 Å². The van der Waals surface area contributed by atoms with E-state index in [9.17, 15) is 31.1 Å². The van der Waals surface area contributed by atoms with E-state index in [1.54, 1.807) is 0 Å². The van der Waals surface area contributed by atoms with E-state index in [1.807, 2.05) is 5.43 Å². The fourth-order valence-corrected chi connectivity index (χ4v) is 2.36. The lowest BCUT2D eigenvalue weighted by Crippen LogP contribution is -2.47. The summed E-state index contributed by atoms with van der Waals surface area (Å²) in [6, 6.07) is 2.68. The number of alkyl halides is 6. The molecule has 0 spiro atoms. The van der Waals surface area contributed by atoms with Crippen LogP contribution in [0, 0.1) is 0 Å². The first-order valence-corrected chi connectivity index (χ1v) is 7.12. The summed E-state index contributed by atoms with van der Waals surface area (Å²) in [5, 5.41) is 3.05. The summed E-state index contributed by atoms with van der Waals surface area (Å²) in [5.74, 6) is -1.63. The van der Waals surface area contributed by atoms with Crippen molar-refractivity contribution in [2.75, 3.05) is 0 Å². The molecule has 132 valence electrons. The quantitative estimate of drug-likeness (QED) is 0.447. The molecule has 1 unspecified atom stereocenters. The lowest BCUT2D eigenvalue weighted by molar-refractivity contribution is -0.142. The third-order valence-corrected chi connectivity index (χ3v) is 3.88. The first-order chi connectivity index (χ1) is 10.8. The minimum atomic E-state index is -4.72. The number of rotatable bonds is 2. The van der Waals surface area contributed by atoms with Crippen LogP contribution < -0.4 is 10.2 Å². The summed E-state index contributed by atoms with van der Waals surface area (Å²) in [7, 11) is 0. The van der Waals surface area contributed by atoms with E-state index < -0.39 is 47.3 Å². The van der Waals surface area contributed by atoms with Gasteiger partial charge in [0.05, 0.1) is 5.56 Å². The van der Waals surface area contributed by atoms with E-state index >= 15 is 0 Å². The van der Waals surface area contributed by atoms with Gasteiger partial charge in [-0.15, -0.1) is 0 Å². The van der Waals surface area contributed by atoms with Crippen LogP contribution in [0.15, 0.2) is 27.8 Å². The second kappa shape index (κ2) is 5.94. The fraction of sp³-hybridized carbons (Fsp3) is 0.385. The lowest BCUT2D eigenvalue weighted by atomic mass is 9.97. The standard InChI is InChI=1S/C13H9BrF6N2O2/c1-11(5-9(21-22-11)13(18,19)20)10(23)24-6-2-3-8(14)7(4-6)12(15,16)17/h2-4,22H,5H2,1H3. The molecule has 1 atom stereocenters. The van der Waals surface area contributed by atoms with Crippen molar-refractivity contribution < 1.29 is 35.9 Å². The molecule has 4 nitrogen and oxygen atoms in total. The number of benzene rings is 1. The Kier molecular flexibility index (Phi) is 4.59. The Hall–Kier alpha value is -1.78. The number of carbonyl (C=O) groups is 1. The van der Waals surface area contributed by atoms with Crippen molar-refractivity contribution >= 4 is 27.6 Å². The van der Waals surface area contributed by atoms with Crippen molar-refractivity contribution in [1.29, 1.82) is 0 Å². The molecule has 24 heavy (non-hydrogen) atoms. The van der Waals surface area contributed by atoms with E-state index in [4.69, 9.17) is 4.74 Å². The van der Waals surface area contributed by atoms with Crippen LogP contribution in [-0.4, -0.2) is 23.4 Å². The molecule has 0 fully saturated rings. The highest BCUT2D eigenvalue weighted by Crippen LogP contribution is 2.37. The van der Waals surface area contributed by atoms with Crippen LogP contribution in [0.4, 0.5) is 26.3 Å². The number of nitrogens with one attached hydrogen (secondary N) is 1. The molecule has 0 saturated carbocycles. The molecule has 0 amide bonds. The molecule has 1 aromatic rings. The van der Waals surface area contributed by atoms with Crippen LogP contribution in [-0.2, 0) is 11.0 Å². The first-order valence-electron chi connectivity index (χ1n) is 6.33. The predicted molar refractivity (Wildman–Crippen MR) is 74.4 cm³/mol. The zero-order chi connectivity index (χ0) is 18.3. The van der Waals surface area contributed by atoms with Crippen molar-refractivity contribution in [3.8, 4) is 5.75 Å². The number of nitrogens with zero attached hydrogens (tertiary/aromatic N) is 1. The maximum Gasteiger partial charge on any atom is 0.431 e. The Balaban J connectivity index is 2.17. The van der Waals surface area contributed by atoms with Gasteiger partial charge in [-0.3, -0.25) is 5.43 Å². The second-order valence-corrected chi connectivity index (χ2v) is 6.06. The van der Waals surface area contributed by atoms with E-state index in [1.165, 1.54) is 0 Å². The van der Waals surface area contributed by atoms with Crippen molar-refractivity contribution in [2.24, 2.45) is 5.10 Å². The van der Waals surface area contributed by atoms with Gasteiger partial charge < -0.3 is 4.74 Å². The van der Waals surface area contributed by atoms with E-state index in [0.717, 1.165) is 19.1 Å². The lowest BCUT2D eigenvalue weighted by Gasteiger charge is -2.21. The molecule has 2 rings (SSSR count). The minimum Gasteiger partial charge on any atom is -0.425 e. The van der Waals surface area contributed by atoms with Crippen LogP contribution in [0.5, 0.6) is 5.75 Å². The molecule has 1 heterocycles. The number of ether oxygens (including phenoxy) is 1. The highest BCUT2D eigenvalue weighted by molar-refractivity contribution is 9.10. The van der Waals surface area contributed by atoms with Crippen LogP contribution in [0.25, 0.3) is 0 Å². The molecule has 0 saturated heterocycles. The van der Waals surface area contributed by atoms with Crippen molar-refractivity contribution in [2.45, 2.75) is 31.2 Å². The third kappa shape index (κ3) is 3.82. The maximum atomic E-state index is 12.8.